The third kappa shape index (κ3) is 1.82. The monoisotopic (exact) mass is 288 g/mol. The minimum Gasteiger partial charge on any atom is -0.392 e. The van der Waals surface area contributed by atoms with E-state index in [2.05, 4.69) is 30.3 Å². The number of rotatable bonds is 2. The summed E-state index contributed by atoms with van der Waals surface area (Å²) in [5.74, 6) is 0. The van der Waals surface area contributed by atoms with Crippen LogP contribution in [0.3, 0.4) is 0 Å². The summed E-state index contributed by atoms with van der Waals surface area (Å²) in [4.78, 5) is 0. The molecule has 0 heterocycles. The van der Waals surface area contributed by atoms with Gasteiger partial charge in [0.25, 0.3) is 0 Å². The van der Waals surface area contributed by atoms with Crippen LogP contribution in [-0.2, 0) is 13.2 Å². The summed E-state index contributed by atoms with van der Waals surface area (Å²) in [5.41, 5.74) is 1.79. The summed E-state index contributed by atoms with van der Waals surface area (Å²) >= 11 is 0. The Kier molecular flexibility index (Phi) is 3.07. The zero-order chi connectivity index (χ0) is 15.1. The van der Waals surface area contributed by atoms with Gasteiger partial charge >= 0.3 is 0 Å². The molecule has 0 saturated carbocycles. The van der Waals surface area contributed by atoms with E-state index in [1.807, 2.05) is 30.3 Å². The number of aliphatic hydroxyl groups excluding tert-OH is 2. The van der Waals surface area contributed by atoms with Crippen molar-refractivity contribution in [3.8, 4) is 0 Å². The summed E-state index contributed by atoms with van der Waals surface area (Å²) in [5, 5.41) is 26.1. The van der Waals surface area contributed by atoms with Crippen LogP contribution in [0.15, 0.2) is 60.7 Å². The van der Waals surface area contributed by atoms with Crippen molar-refractivity contribution in [3.63, 3.8) is 0 Å². The van der Waals surface area contributed by atoms with Crippen LogP contribution in [0.5, 0.6) is 0 Å². The lowest BCUT2D eigenvalue weighted by Gasteiger charge is -2.13. The van der Waals surface area contributed by atoms with Gasteiger partial charge in [0.05, 0.1) is 13.2 Å². The molecule has 0 aliphatic heterocycles. The van der Waals surface area contributed by atoms with Crippen LogP contribution in [0.1, 0.15) is 11.1 Å². The lowest BCUT2D eigenvalue weighted by atomic mass is 9.91. The maximum absolute atomic E-state index is 9.77. The van der Waals surface area contributed by atoms with E-state index in [9.17, 15) is 10.2 Å². The van der Waals surface area contributed by atoms with E-state index in [0.717, 1.165) is 32.7 Å². The molecule has 0 aromatic heterocycles. The molecule has 2 N–H and O–H groups in total. The first-order chi connectivity index (χ1) is 10.8. The quantitative estimate of drug-likeness (QED) is 0.544. The van der Waals surface area contributed by atoms with Crippen LogP contribution >= 0.6 is 0 Å². The minimum atomic E-state index is -0.00938. The SMILES string of the molecule is OCc1cc2c3ccccc3ccc2c2c(CO)cccc12. The van der Waals surface area contributed by atoms with E-state index >= 15 is 0 Å². The normalized spacial score (nSPS) is 11.5. The average Bonchev–Trinajstić information content (AvgIpc) is 2.59. The van der Waals surface area contributed by atoms with Crippen LogP contribution in [0, 0.1) is 0 Å². The highest BCUT2D eigenvalue weighted by atomic mass is 16.3. The molecule has 22 heavy (non-hydrogen) atoms. The number of hydrogen-bond donors (Lipinski definition) is 2. The van der Waals surface area contributed by atoms with Gasteiger partial charge in [-0.05, 0) is 49.5 Å². The highest BCUT2D eigenvalue weighted by Crippen LogP contribution is 2.35. The standard InChI is InChI=1S/C20H16O2/c21-11-14-5-3-7-17-15(12-22)10-19-16-6-2-1-4-13(16)8-9-18(19)20(14)17/h1-10,21-22H,11-12H2. The van der Waals surface area contributed by atoms with Crippen molar-refractivity contribution in [1.82, 2.24) is 0 Å². The fourth-order valence-electron chi connectivity index (χ4n) is 3.37. The van der Waals surface area contributed by atoms with Gasteiger partial charge in [0.15, 0.2) is 0 Å². The summed E-state index contributed by atoms with van der Waals surface area (Å²) in [6.07, 6.45) is 0. The molecule has 2 nitrogen and oxygen atoms in total. The second-order valence-corrected chi connectivity index (χ2v) is 5.57. The third-order valence-electron chi connectivity index (χ3n) is 4.40. The Labute approximate surface area is 128 Å². The first-order valence-corrected chi connectivity index (χ1v) is 7.40. The van der Waals surface area contributed by atoms with Gasteiger partial charge in [-0.15, -0.1) is 0 Å². The van der Waals surface area contributed by atoms with E-state index in [0.29, 0.717) is 0 Å². The molecule has 4 rings (SSSR count). The van der Waals surface area contributed by atoms with Crippen molar-refractivity contribution >= 4 is 32.3 Å². The minimum absolute atomic E-state index is 0.00580. The van der Waals surface area contributed by atoms with Crippen LogP contribution < -0.4 is 0 Å². The molecule has 4 aromatic carbocycles. The molecule has 108 valence electrons. The van der Waals surface area contributed by atoms with Crippen LogP contribution in [0.2, 0.25) is 0 Å². The van der Waals surface area contributed by atoms with Crippen molar-refractivity contribution in [3.05, 3.63) is 71.8 Å². The van der Waals surface area contributed by atoms with E-state index in [-0.39, 0.29) is 13.2 Å². The van der Waals surface area contributed by atoms with Gasteiger partial charge in [-0.2, -0.15) is 0 Å². The van der Waals surface area contributed by atoms with E-state index in [4.69, 9.17) is 0 Å². The zero-order valence-corrected chi connectivity index (χ0v) is 12.1. The number of aliphatic hydroxyl groups is 2. The van der Waals surface area contributed by atoms with Crippen molar-refractivity contribution in [2.75, 3.05) is 0 Å². The molecule has 0 fully saturated rings. The van der Waals surface area contributed by atoms with E-state index in [1.54, 1.807) is 0 Å². The van der Waals surface area contributed by atoms with Crippen molar-refractivity contribution in [2.24, 2.45) is 0 Å². The van der Waals surface area contributed by atoms with Crippen LogP contribution in [0.25, 0.3) is 32.3 Å². The molecule has 0 amide bonds. The first-order valence-electron chi connectivity index (χ1n) is 7.40. The lowest BCUT2D eigenvalue weighted by Crippen LogP contribution is -1.93. The molecule has 4 aromatic rings. The molecule has 0 spiro atoms. The summed E-state index contributed by atoms with van der Waals surface area (Å²) in [6, 6.07) is 20.4. The smallest absolute Gasteiger partial charge is 0.0688 e. The Bertz CT molecular complexity index is 1000. The maximum Gasteiger partial charge on any atom is 0.0688 e. The second-order valence-electron chi connectivity index (χ2n) is 5.57. The van der Waals surface area contributed by atoms with Crippen LogP contribution in [0.4, 0.5) is 0 Å². The summed E-state index contributed by atoms with van der Waals surface area (Å²) in [7, 11) is 0. The molecular formula is C20H16O2. The zero-order valence-electron chi connectivity index (χ0n) is 12.1. The second kappa shape index (κ2) is 5.09. The number of benzene rings is 4. The fourth-order valence-corrected chi connectivity index (χ4v) is 3.37. The van der Waals surface area contributed by atoms with Crippen molar-refractivity contribution in [2.45, 2.75) is 13.2 Å². The number of fused-ring (bicyclic) bond motifs is 5. The Hall–Kier alpha value is -2.42. The van der Waals surface area contributed by atoms with E-state index < -0.39 is 0 Å². The maximum atomic E-state index is 9.77. The molecule has 2 heteroatoms. The van der Waals surface area contributed by atoms with Gasteiger partial charge in [0.2, 0.25) is 0 Å². The molecule has 0 bridgehead atoms. The van der Waals surface area contributed by atoms with Crippen molar-refractivity contribution in [1.29, 1.82) is 0 Å². The molecule has 0 saturated heterocycles. The van der Waals surface area contributed by atoms with Gasteiger partial charge < -0.3 is 10.2 Å². The first kappa shape index (κ1) is 13.3. The highest BCUT2D eigenvalue weighted by Gasteiger charge is 2.11. The Morgan fingerprint density at radius 1 is 0.591 bits per heavy atom. The molecule has 0 radical (unpaired) electrons. The third-order valence-corrected chi connectivity index (χ3v) is 4.40. The fraction of sp³-hybridized carbons (Fsp3) is 0.100. The van der Waals surface area contributed by atoms with Crippen LogP contribution in [-0.4, -0.2) is 10.2 Å². The Morgan fingerprint density at radius 2 is 1.36 bits per heavy atom. The lowest BCUT2D eigenvalue weighted by molar-refractivity contribution is 0.282. The molecule has 0 unspecified atom stereocenters. The van der Waals surface area contributed by atoms with Crippen molar-refractivity contribution < 1.29 is 10.2 Å². The average molecular weight is 288 g/mol. The molecule has 0 aliphatic rings. The molecular weight excluding hydrogens is 272 g/mol. The van der Waals surface area contributed by atoms with E-state index in [1.165, 1.54) is 10.8 Å². The number of hydrogen-bond acceptors (Lipinski definition) is 2. The highest BCUT2D eigenvalue weighted by molar-refractivity contribution is 6.18. The summed E-state index contributed by atoms with van der Waals surface area (Å²) in [6.45, 7) is -0.0152. The van der Waals surface area contributed by atoms with Gasteiger partial charge in [-0.3, -0.25) is 0 Å². The topological polar surface area (TPSA) is 40.5 Å². The predicted octanol–water partition coefficient (Wildman–Crippen LogP) is 4.13. The summed E-state index contributed by atoms with van der Waals surface area (Å²) < 4.78 is 0. The predicted molar refractivity (Wildman–Crippen MR) is 90.8 cm³/mol. The van der Waals surface area contributed by atoms with Gasteiger partial charge in [0.1, 0.15) is 0 Å². The van der Waals surface area contributed by atoms with Gasteiger partial charge in [0, 0.05) is 0 Å². The Morgan fingerprint density at radius 3 is 2.18 bits per heavy atom. The molecule has 0 atom stereocenters. The largest absolute Gasteiger partial charge is 0.392 e. The molecule has 0 aliphatic carbocycles. The van der Waals surface area contributed by atoms with Gasteiger partial charge in [-0.1, -0.05) is 54.6 Å². The van der Waals surface area contributed by atoms with Gasteiger partial charge in [-0.25, -0.2) is 0 Å². The Balaban J connectivity index is 2.31.